The van der Waals surface area contributed by atoms with Gasteiger partial charge in [0.1, 0.15) is 10.4 Å². The molecule has 5 rings (SSSR count). The summed E-state index contributed by atoms with van der Waals surface area (Å²) in [5.74, 6) is 0.973. The average molecular weight is 456 g/mol. The molecule has 1 aromatic carbocycles. The molecule has 0 radical (unpaired) electrons. The molecule has 0 bridgehead atoms. The van der Waals surface area contributed by atoms with E-state index in [0.717, 1.165) is 47.2 Å². The summed E-state index contributed by atoms with van der Waals surface area (Å²) >= 11 is 7.45. The summed E-state index contributed by atoms with van der Waals surface area (Å²) in [5, 5.41) is 13.7. The Labute approximate surface area is 188 Å². The van der Waals surface area contributed by atoms with Crippen LogP contribution in [-0.4, -0.2) is 25.8 Å². The van der Waals surface area contributed by atoms with E-state index in [-0.39, 0.29) is 5.91 Å². The fraction of sp³-hybridized carbons (Fsp3) is 0.364. The second-order valence-electron chi connectivity index (χ2n) is 8.08. The van der Waals surface area contributed by atoms with Gasteiger partial charge in [0.25, 0.3) is 5.91 Å². The van der Waals surface area contributed by atoms with E-state index in [1.807, 2.05) is 41.9 Å². The van der Waals surface area contributed by atoms with Crippen LogP contribution in [0.5, 0.6) is 0 Å². The molecule has 1 aliphatic carbocycles. The molecule has 1 N–H and O–H groups in total. The Bertz CT molecular complexity index is 1250. The Morgan fingerprint density at radius 2 is 2.00 bits per heavy atom. The number of nitrogens with one attached hydrogen (secondary N) is 1. The first kappa shape index (κ1) is 20.2. The van der Waals surface area contributed by atoms with Crippen molar-refractivity contribution in [2.45, 2.75) is 51.6 Å². The molecule has 0 saturated heterocycles. The maximum absolute atomic E-state index is 13.2. The number of aryl methyl sites for hydroxylation is 2. The minimum Gasteiger partial charge on any atom is -0.340 e. The number of hydrogen-bond acceptors (Lipinski definition) is 6. The van der Waals surface area contributed by atoms with Gasteiger partial charge >= 0.3 is 0 Å². The van der Waals surface area contributed by atoms with Crippen LogP contribution in [0.4, 0.5) is 0 Å². The molecule has 1 fully saturated rings. The van der Waals surface area contributed by atoms with Crippen molar-refractivity contribution < 1.29 is 9.32 Å². The number of halogens is 1. The van der Waals surface area contributed by atoms with Gasteiger partial charge in [-0.2, -0.15) is 10.1 Å². The van der Waals surface area contributed by atoms with E-state index in [0.29, 0.717) is 28.2 Å². The number of nitrogens with zero attached hydrogens (tertiary/aromatic N) is 4. The fourth-order valence-corrected chi connectivity index (χ4v) is 5.43. The molecule has 9 heteroatoms. The summed E-state index contributed by atoms with van der Waals surface area (Å²) in [4.78, 5) is 19.3. The van der Waals surface area contributed by atoms with Crippen LogP contribution in [0, 0.1) is 13.8 Å². The van der Waals surface area contributed by atoms with Crippen molar-refractivity contribution in [3.05, 3.63) is 63.2 Å². The minimum absolute atomic E-state index is 0.108. The van der Waals surface area contributed by atoms with Crippen LogP contribution in [0.15, 0.2) is 34.9 Å². The third-order valence-electron chi connectivity index (χ3n) is 5.84. The van der Waals surface area contributed by atoms with Crippen molar-refractivity contribution in [2.24, 2.45) is 0 Å². The molecular formula is C22H22ClN5O2S. The van der Waals surface area contributed by atoms with Crippen LogP contribution in [0.1, 0.15) is 58.3 Å². The highest BCUT2D eigenvalue weighted by molar-refractivity contribution is 7.20. The highest BCUT2D eigenvalue weighted by Crippen LogP contribution is 2.38. The maximum atomic E-state index is 13.2. The second kappa shape index (κ2) is 7.76. The lowest BCUT2D eigenvalue weighted by atomic mass is 9.96. The van der Waals surface area contributed by atoms with Crippen LogP contribution in [0.2, 0.25) is 5.02 Å². The van der Waals surface area contributed by atoms with E-state index >= 15 is 0 Å². The van der Waals surface area contributed by atoms with Crippen molar-refractivity contribution in [3.8, 4) is 0 Å². The van der Waals surface area contributed by atoms with Crippen molar-refractivity contribution in [1.82, 2.24) is 25.2 Å². The first-order chi connectivity index (χ1) is 14.9. The molecule has 0 aliphatic heterocycles. The lowest BCUT2D eigenvalue weighted by Gasteiger charge is -2.26. The topological polar surface area (TPSA) is 85.8 Å². The summed E-state index contributed by atoms with van der Waals surface area (Å²) in [5.41, 5.74) is 1.45. The monoisotopic (exact) mass is 455 g/mol. The highest BCUT2D eigenvalue weighted by atomic mass is 35.5. The molecule has 31 heavy (non-hydrogen) atoms. The number of amides is 1. The van der Waals surface area contributed by atoms with E-state index in [1.165, 1.54) is 11.3 Å². The molecule has 3 heterocycles. The van der Waals surface area contributed by atoms with Gasteiger partial charge in [-0.05, 0) is 43.5 Å². The first-order valence-corrected chi connectivity index (χ1v) is 11.5. The number of rotatable bonds is 5. The first-order valence-electron chi connectivity index (χ1n) is 10.3. The Morgan fingerprint density at radius 1 is 1.26 bits per heavy atom. The van der Waals surface area contributed by atoms with Gasteiger partial charge in [0.2, 0.25) is 5.89 Å². The van der Waals surface area contributed by atoms with Crippen LogP contribution in [-0.2, 0) is 12.1 Å². The molecule has 1 amide bonds. The Morgan fingerprint density at radius 3 is 2.68 bits per heavy atom. The fourth-order valence-electron chi connectivity index (χ4n) is 4.25. The third-order valence-corrected chi connectivity index (χ3v) is 7.24. The standard InChI is InChI=1S/C22H22ClN5O2S/c1-13-17-11-18(31-20(17)28(26-13)12-15-5-7-16(23)8-6-15)19(29)25-22(9-3-4-10-22)21-24-14(2)30-27-21/h5-8,11H,3-4,9-10,12H2,1-2H3,(H,25,29). The van der Waals surface area contributed by atoms with Gasteiger partial charge in [0.05, 0.1) is 17.1 Å². The number of carbonyl (C=O) groups is 1. The Hall–Kier alpha value is -2.71. The number of benzene rings is 1. The van der Waals surface area contributed by atoms with E-state index in [4.69, 9.17) is 16.1 Å². The zero-order valence-electron chi connectivity index (χ0n) is 17.3. The number of aromatic nitrogens is 4. The smallest absolute Gasteiger partial charge is 0.262 e. The Kier molecular flexibility index (Phi) is 5.06. The lowest BCUT2D eigenvalue weighted by Crippen LogP contribution is -2.44. The van der Waals surface area contributed by atoms with Crippen molar-refractivity contribution >= 4 is 39.1 Å². The van der Waals surface area contributed by atoms with Crippen LogP contribution in [0.25, 0.3) is 10.2 Å². The lowest BCUT2D eigenvalue weighted by molar-refractivity contribution is 0.0896. The molecule has 0 unspecified atom stereocenters. The summed E-state index contributed by atoms with van der Waals surface area (Å²) in [6.45, 7) is 4.35. The molecule has 0 spiro atoms. The number of fused-ring (bicyclic) bond motifs is 1. The number of carbonyl (C=O) groups excluding carboxylic acids is 1. The van der Waals surface area contributed by atoms with Crippen molar-refractivity contribution in [1.29, 1.82) is 0 Å². The largest absolute Gasteiger partial charge is 0.340 e. The van der Waals surface area contributed by atoms with Crippen LogP contribution in [0.3, 0.4) is 0 Å². The predicted molar refractivity (Wildman–Crippen MR) is 120 cm³/mol. The SMILES string of the molecule is Cc1nc(C2(NC(=O)c3cc4c(C)nn(Cc5ccc(Cl)cc5)c4s3)CCCC2)no1. The summed E-state index contributed by atoms with van der Waals surface area (Å²) in [6.07, 6.45) is 3.67. The maximum Gasteiger partial charge on any atom is 0.262 e. The molecule has 3 aromatic heterocycles. The predicted octanol–water partition coefficient (Wildman–Crippen LogP) is 5.00. The highest BCUT2D eigenvalue weighted by Gasteiger charge is 2.41. The molecule has 0 atom stereocenters. The van der Waals surface area contributed by atoms with Gasteiger partial charge < -0.3 is 9.84 Å². The number of thiophene rings is 1. The van der Waals surface area contributed by atoms with Gasteiger partial charge in [-0.25, -0.2) is 0 Å². The number of hydrogen-bond donors (Lipinski definition) is 1. The molecule has 160 valence electrons. The van der Waals surface area contributed by atoms with E-state index in [9.17, 15) is 4.79 Å². The van der Waals surface area contributed by atoms with Gasteiger partial charge in [-0.3, -0.25) is 9.48 Å². The van der Waals surface area contributed by atoms with E-state index < -0.39 is 5.54 Å². The molecular weight excluding hydrogens is 434 g/mol. The van der Waals surface area contributed by atoms with Crippen LogP contribution >= 0.6 is 22.9 Å². The molecule has 4 aromatic rings. The summed E-state index contributed by atoms with van der Waals surface area (Å²) in [7, 11) is 0. The Balaban J connectivity index is 1.43. The second-order valence-corrected chi connectivity index (χ2v) is 9.55. The van der Waals surface area contributed by atoms with Crippen LogP contribution < -0.4 is 5.32 Å². The minimum atomic E-state index is -0.560. The van der Waals surface area contributed by atoms with Crippen molar-refractivity contribution in [2.75, 3.05) is 0 Å². The zero-order valence-corrected chi connectivity index (χ0v) is 18.9. The zero-order chi connectivity index (χ0) is 21.6. The summed E-state index contributed by atoms with van der Waals surface area (Å²) in [6, 6.07) is 9.66. The average Bonchev–Trinajstić information content (AvgIpc) is 3.51. The molecule has 1 aliphatic rings. The van der Waals surface area contributed by atoms with Gasteiger partial charge in [0.15, 0.2) is 5.82 Å². The van der Waals surface area contributed by atoms with E-state index in [1.54, 1.807) is 6.92 Å². The van der Waals surface area contributed by atoms with Gasteiger partial charge in [-0.1, -0.05) is 41.7 Å². The van der Waals surface area contributed by atoms with Gasteiger partial charge in [-0.15, -0.1) is 11.3 Å². The van der Waals surface area contributed by atoms with Crippen molar-refractivity contribution in [3.63, 3.8) is 0 Å². The third kappa shape index (κ3) is 3.74. The molecule has 7 nitrogen and oxygen atoms in total. The normalized spacial score (nSPS) is 15.6. The summed E-state index contributed by atoms with van der Waals surface area (Å²) < 4.78 is 7.14. The quantitative estimate of drug-likeness (QED) is 0.457. The molecule has 1 saturated carbocycles. The van der Waals surface area contributed by atoms with Gasteiger partial charge in [0, 0.05) is 17.3 Å². The van der Waals surface area contributed by atoms with E-state index in [2.05, 4.69) is 20.6 Å².